The molecule has 214 valence electrons. The first-order chi connectivity index (χ1) is 20.2. The number of Topliss-reactive ketones (excluding diaryl/α,β-unsaturated/α-hetero) is 1. The number of aliphatic hydroxyl groups excluding tert-OH is 1. The van der Waals surface area contributed by atoms with Gasteiger partial charge in [0.1, 0.15) is 23.4 Å². The molecule has 2 unspecified atom stereocenters. The van der Waals surface area contributed by atoms with Crippen LogP contribution in [0.25, 0.3) is 5.76 Å². The summed E-state index contributed by atoms with van der Waals surface area (Å²) in [4.78, 5) is 28.4. The Morgan fingerprint density at radius 1 is 1.14 bits per heavy atom. The molecular weight excluding hydrogens is 617 g/mol. The fraction of sp³-hybridized carbons (Fsp3) is 0.200. The molecule has 3 aromatic carbocycles. The summed E-state index contributed by atoms with van der Waals surface area (Å²) in [6, 6.07) is 16.6. The van der Waals surface area contributed by atoms with E-state index in [1.165, 1.54) is 35.1 Å². The number of fused-ring (bicyclic) bond motifs is 1. The largest absolute Gasteiger partial charge is 0.507 e. The van der Waals surface area contributed by atoms with E-state index in [0.717, 1.165) is 16.9 Å². The molecule has 4 aromatic rings. The number of ketones is 1. The predicted octanol–water partition coefficient (Wildman–Crippen LogP) is 7.10. The highest BCUT2D eigenvalue weighted by atomic mass is 35.5. The van der Waals surface area contributed by atoms with Crippen LogP contribution in [0.2, 0.25) is 10.0 Å². The average Bonchev–Trinajstić information content (AvgIpc) is 3.67. The topological polar surface area (TPSA) is 102 Å². The number of nitrogens with zero attached hydrogens (tertiary/aromatic N) is 3. The Morgan fingerprint density at radius 3 is 2.76 bits per heavy atom. The normalized spacial score (nSPS) is 19.2. The van der Waals surface area contributed by atoms with Crippen LogP contribution in [0.15, 0.2) is 70.6 Å². The summed E-state index contributed by atoms with van der Waals surface area (Å²) in [7, 11) is 1.53. The maximum Gasteiger partial charge on any atom is 0.301 e. The van der Waals surface area contributed by atoms with Crippen LogP contribution in [0.4, 0.5) is 5.13 Å². The van der Waals surface area contributed by atoms with Gasteiger partial charge in [-0.05, 0) is 66.1 Å². The lowest BCUT2D eigenvalue weighted by Crippen LogP contribution is -2.29. The van der Waals surface area contributed by atoms with Gasteiger partial charge in [0.25, 0.3) is 5.78 Å². The molecular formula is C30H23Cl2N3O5S2. The number of hydrogen-bond acceptors (Lipinski definition) is 9. The van der Waals surface area contributed by atoms with Crippen LogP contribution in [0.1, 0.15) is 35.2 Å². The number of carbonyl (C=O) groups is 2. The summed E-state index contributed by atoms with van der Waals surface area (Å²) in [6.07, 6.45) is 0.691. The van der Waals surface area contributed by atoms with Gasteiger partial charge in [0.15, 0.2) is 4.34 Å². The van der Waals surface area contributed by atoms with Crippen molar-refractivity contribution in [2.24, 2.45) is 0 Å². The van der Waals surface area contributed by atoms with E-state index in [2.05, 4.69) is 10.2 Å². The number of carbonyl (C=O) groups excluding carboxylic acids is 2. The van der Waals surface area contributed by atoms with Gasteiger partial charge in [-0.3, -0.25) is 14.5 Å². The molecule has 12 heteroatoms. The molecule has 2 aliphatic rings. The van der Waals surface area contributed by atoms with Crippen LogP contribution >= 0.6 is 46.3 Å². The smallest absolute Gasteiger partial charge is 0.301 e. The molecule has 3 heterocycles. The monoisotopic (exact) mass is 639 g/mol. The van der Waals surface area contributed by atoms with E-state index < -0.39 is 17.7 Å². The summed E-state index contributed by atoms with van der Waals surface area (Å²) < 4.78 is 11.8. The third-order valence-electron chi connectivity index (χ3n) is 6.99. The lowest BCUT2D eigenvalue weighted by molar-refractivity contribution is -0.132. The fourth-order valence-corrected chi connectivity index (χ4v) is 7.44. The van der Waals surface area contributed by atoms with Crippen molar-refractivity contribution in [3.63, 3.8) is 0 Å². The standard InChI is InChI=1S/C30H23Cl2N3O5S2/c1-15-10-19-11-17(7-9-23(19)40-15)26(36)24-25(16-4-3-5-21(12-16)39-2)35(28(38)27(24)37)29-33-34-30(42-29)41-14-18-6-8-20(31)13-22(18)32/h3-9,11-13,15,25,36H,10,14H2,1-2H3/b26-24+. The van der Waals surface area contributed by atoms with Gasteiger partial charge in [-0.2, -0.15) is 0 Å². The van der Waals surface area contributed by atoms with Gasteiger partial charge in [0, 0.05) is 27.8 Å². The Kier molecular flexibility index (Phi) is 7.89. The van der Waals surface area contributed by atoms with Crippen LogP contribution in [-0.4, -0.2) is 40.2 Å². The molecule has 1 amide bonds. The van der Waals surface area contributed by atoms with Crippen molar-refractivity contribution >= 4 is 68.9 Å². The molecule has 0 saturated carbocycles. The van der Waals surface area contributed by atoms with Crippen molar-refractivity contribution in [2.75, 3.05) is 12.0 Å². The molecule has 8 nitrogen and oxygen atoms in total. The first kappa shape index (κ1) is 28.5. The second-order valence-electron chi connectivity index (χ2n) is 9.78. The van der Waals surface area contributed by atoms with Crippen molar-refractivity contribution in [1.29, 1.82) is 0 Å². The van der Waals surface area contributed by atoms with E-state index in [4.69, 9.17) is 32.7 Å². The zero-order valence-electron chi connectivity index (χ0n) is 22.3. The van der Waals surface area contributed by atoms with Crippen LogP contribution in [0.5, 0.6) is 11.5 Å². The first-order valence-electron chi connectivity index (χ1n) is 12.9. The molecule has 2 atom stereocenters. The SMILES string of the molecule is COc1cccc(C2/C(=C(\O)c3ccc4c(c3)CC(C)O4)C(=O)C(=O)N2c2nnc(SCc3ccc(Cl)cc3Cl)s2)c1. The molecule has 1 fully saturated rings. The number of amides is 1. The quantitative estimate of drug-likeness (QED) is 0.0751. The number of rotatable bonds is 7. The number of benzene rings is 3. The van der Waals surface area contributed by atoms with Gasteiger partial charge >= 0.3 is 5.91 Å². The summed E-state index contributed by atoms with van der Waals surface area (Å²) in [6.45, 7) is 1.96. The van der Waals surface area contributed by atoms with E-state index >= 15 is 0 Å². The molecule has 1 N–H and O–H groups in total. The minimum atomic E-state index is -0.958. The fourth-order valence-electron chi connectivity index (χ4n) is 5.02. The van der Waals surface area contributed by atoms with Gasteiger partial charge in [-0.1, -0.05) is 64.5 Å². The summed E-state index contributed by atoms with van der Waals surface area (Å²) >= 11 is 14.9. The Balaban J connectivity index is 1.39. The van der Waals surface area contributed by atoms with Gasteiger partial charge < -0.3 is 14.6 Å². The van der Waals surface area contributed by atoms with Gasteiger partial charge in [-0.15, -0.1) is 10.2 Å². The highest BCUT2D eigenvalue weighted by molar-refractivity contribution is 8.00. The van der Waals surface area contributed by atoms with E-state index in [1.807, 2.05) is 13.0 Å². The molecule has 0 radical (unpaired) electrons. The second kappa shape index (κ2) is 11.6. The Bertz CT molecular complexity index is 1760. The Labute approximate surface area is 259 Å². The maximum atomic E-state index is 13.6. The van der Waals surface area contributed by atoms with Gasteiger partial charge in [-0.25, -0.2) is 0 Å². The van der Waals surface area contributed by atoms with Gasteiger partial charge in [0.05, 0.1) is 18.7 Å². The summed E-state index contributed by atoms with van der Waals surface area (Å²) in [5, 5.41) is 21.4. The molecule has 1 saturated heterocycles. The van der Waals surface area contributed by atoms with Gasteiger partial charge in [0.2, 0.25) is 5.13 Å². The number of anilines is 1. The number of methoxy groups -OCH3 is 1. The molecule has 0 aliphatic carbocycles. The van der Waals surface area contributed by atoms with Crippen LogP contribution in [0.3, 0.4) is 0 Å². The van der Waals surface area contributed by atoms with Crippen LogP contribution in [-0.2, 0) is 21.8 Å². The zero-order chi connectivity index (χ0) is 29.5. The Morgan fingerprint density at radius 2 is 1.98 bits per heavy atom. The van der Waals surface area contributed by atoms with Crippen LogP contribution in [0, 0.1) is 0 Å². The highest BCUT2D eigenvalue weighted by Gasteiger charge is 2.48. The summed E-state index contributed by atoms with van der Waals surface area (Å²) in [5.41, 5.74) is 2.74. The van der Waals surface area contributed by atoms with E-state index in [-0.39, 0.29) is 22.6 Å². The lowest BCUT2D eigenvalue weighted by atomic mass is 9.94. The molecule has 6 rings (SSSR count). The number of hydrogen-bond donors (Lipinski definition) is 1. The highest BCUT2D eigenvalue weighted by Crippen LogP contribution is 2.45. The van der Waals surface area contributed by atoms with Crippen molar-refractivity contribution in [1.82, 2.24) is 10.2 Å². The lowest BCUT2D eigenvalue weighted by Gasteiger charge is -2.23. The minimum Gasteiger partial charge on any atom is -0.507 e. The zero-order valence-corrected chi connectivity index (χ0v) is 25.5. The van der Waals surface area contributed by atoms with E-state index in [1.54, 1.807) is 54.6 Å². The molecule has 0 spiro atoms. The number of ether oxygens (including phenoxy) is 2. The number of thioether (sulfide) groups is 1. The molecule has 1 aromatic heterocycles. The van der Waals surface area contributed by atoms with Crippen molar-refractivity contribution in [2.45, 2.75) is 35.6 Å². The van der Waals surface area contributed by atoms with Crippen molar-refractivity contribution in [3.05, 3.63) is 98.5 Å². The predicted molar refractivity (Wildman–Crippen MR) is 164 cm³/mol. The molecule has 2 aliphatic heterocycles. The van der Waals surface area contributed by atoms with Crippen LogP contribution < -0.4 is 14.4 Å². The molecule has 42 heavy (non-hydrogen) atoms. The average molecular weight is 641 g/mol. The number of aliphatic hydroxyl groups is 1. The number of halogens is 2. The van der Waals surface area contributed by atoms with Crippen molar-refractivity contribution < 1.29 is 24.2 Å². The minimum absolute atomic E-state index is 0.0138. The van der Waals surface area contributed by atoms with Crippen molar-refractivity contribution in [3.8, 4) is 11.5 Å². The molecule has 0 bridgehead atoms. The summed E-state index contributed by atoms with van der Waals surface area (Å²) in [5.74, 6) is -0.123. The van der Waals surface area contributed by atoms with E-state index in [0.29, 0.717) is 43.4 Å². The maximum absolute atomic E-state index is 13.6. The third kappa shape index (κ3) is 5.35. The Hall–Kier alpha value is -3.57. The third-order valence-corrected chi connectivity index (χ3v) is 9.68. The second-order valence-corrected chi connectivity index (χ2v) is 12.8. The van der Waals surface area contributed by atoms with E-state index in [9.17, 15) is 14.7 Å². The first-order valence-corrected chi connectivity index (χ1v) is 15.4. The number of aromatic nitrogens is 2.